The average molecular weight is 285 g/mol. The molecule has 21 heavy (non-hydrogen) atoms. The lowest BCUT2D eigenvalue weighted by Crippen LogP contribution is -2.11. The van der Waals surface area contributed by atoms with Crippen molar-refractivity contribution in [2.75, 3.05) is 5.32 Å². The summed E-state index contributed by atoms with van der Waals surface area (Å²) < 4.78 is 2.08. The van der Waals surface area contributed by atoms with Gasteiger partial charge in [0.05, 0.1) is 11.7 Å². The minimum atomic E-state index is 0.255. The van der Waals surface area contributed by atoms with Crippen molar-refractivity contribution in [3.8, 4) is 0 Å². The maximum atomic E-state index is 4.63. The Morgan fingerprint density at radius 2 is 1.81 bits per heavy atom. The van der Waals surface area contributed by atoms with E-state index in [-0.39, 0.29) is 6.04 Å². The first-order valence-corrected chi connectivity index (χ1v) is 7.85. The molecule has 0 fully saturated rings. The summed E-state index contributed by atoms with van der Waals surface area (Å²) in [6, 6.07) is 8.83. The van der Waals surface area contributed by atoms with Crippen molar-refractivity contribution in [2.45, 2.75) is 60.0 Å². The zero-order valence-corrected chi connectivity index (χ0v) is 14.1. The largest absolute Gasteiger partial charge is 0.378 e. The summed E-state index contributed by atoms with van der Waals surface area (Å²) in [6.45, 7) is 14.0. The van der Waals surface area contributed by atoms with Crippen LogP contribution in [0.5, 0.6) is 0 Å². The lowest BCUT2D eigenvalue weighted by molar-refractivity contribution is 0.632. The van der Waals surface area contributed by atoms with E-state index in [2.05, 4.69) is 80.9 Å². The van der Waals surface area contributed by atoms with Crippen LogP contribution in [0.15, 0.2) is 24.3 Å². The Balaban J connectivity index is 2.31. The van der Waals surface area contributed by atoms with E-state index in [0.29, 0.717) is 5.92 Å². The van der Waals surface area contributed by atoms with Crippen molar-refractivity contribution in [3.05, 3.63) is 46.8 Å². The molecule has 114 valence electrons. The number of hydrogen-bond donors (Lipinski definition) is 1. The fourth-order valence-electron chi connectivity index (χ4n) is 3.08. The van der Waals surface area contributed by atoms with Crippen LogP contribution in [0.4, 0.5) is 5.69 Å². The van der Waals surface area contributed by atoms with Gasteiger partial charge in [0.2, 0.25) is 0 Å². The Morgan fingerprint density at radius 1 is 1.14 bits per heavy atom. The summed E-state index contributed by atoms with van der Waals surface area (Å²) in [7, 11) is 0. The van der Waals surface area contributed by atoms with Gasteiger partial charge < -0.3 is 5.32 Å². The zero-order chi connectivity index (χ0) is 15.6. The van der Waals surface area contributed by atoms with Crippen molar-refractivity contribution in [2.24, 2.45) is 0 Å². The summed E-state index contributed by atoms with van der Waals surface area (Å²) in [5.74, 6) is 0.515. The molecule has 0 aliphatic carbocycles. The van der Waals surface area contributed by atoms with Gasteiger partial charge in [0, 0.05) is 23.5 Å². The molecule has 0 amide bonds. The fourth-order valence-corrected chi connectivity index (χ4v) is 3.08. The summed E-state index contributed by atoms with van der Waals surface area (Å²) in [5, 5.41) is 8.30. The maximum Gasteiger partial charge on any atom is 0.0649 e. The van der Waals surface area contributed by atoms with Crippen molar-refractivity contribution < 1.29 is 0 Å². The number of anilines is 1. The van der Waals surface area contributed by atoms with Crippen molar-refractivity contribution in [3.63, 3.8) is 0 Å². The number of benzene rings is 1. The summed E-state index contributed by atoms with van der Waals surface area (Å²) in [6.07, 6.45) is 0. The molecular weight excluding hydrogens is 258 g/mol. The molecule has 0 bridgehead atoms. The quantitative estimate of drug-likeness (QED) is 0.853. The molecule has 1 aromatic heterocycles. The number of para-hydroxylation sites is 1. The molecule has 0 radical (unpaired) electrons. The highest BCUT2D eigenvalue weighted by Crippen LogP contribution is 2.29. The van der Waals surface area contributed by atoms with Crippen LogP contribution in [0.2, 0.25) is 0 Å². The van der Waals surface area contributed by atoms with E-state index in [1.807, 2.05) is 0 Å². The van der Waals surface area contributed by atoms with Gasteiger partial charge in [0.1, 0.15) is 0 Å². The first-order chi connectivity index (χ1) is 9.95. The highest BCUT2D eigenvalue weighted by Gasteiger charge is 2.18. The molecule has 0 aliphatic heterocycles. The second kappa shape index (κ2) is 6.33. The molecule has 0 saturated heterocycles. The van der Waals surface area contributed by atoms with E-state index in [0.717, 1.165) is 12.2 Å². The molecule has 2 rings (SSSR count). The number of rotatable bonds is 5. The van der Waals surface area contributed by atoms with Gasteiger partial charge in [-0.1, -0.05) is 32.0 Å². The number of hydrogen-bond acceptors (Lipinski definition) is 2. The Labute approximate surface area is 128 Å². The van der Waals surface area contributed by atoms with Crippen LogP contribution in [-0.4, -0.2) is 9.78 Å². The third-order valence-corrected chi connectivity index (χ3v) is 4.12. The van der Waals surface area contributed by atoms with Crippen molar-refractivity contribution >= 4 is 5.69 Å². The Morgan fingerprint density at radius 3 is 2.38 bits per heavy atom. The minimum absolute atomic E-state index is 0.255. The molecule has 1 N–H and O–H groups in total. The van der Waals surface area contributed by atoms with Gasteiger partial charge >= 0.3 is 0 Å². The predicted molar refractivity (Wildman–Crippen MR) is 89.9 cm³/mol. The van der Waals surface area contributed by atoms with Gasteiger partial charge in [-0.15, -0.1) is 0 Å². The van der Waals surface area contributed by atoms with Gasteiger partial charge in [-0.05, 0) is 45.2 Å². The van der Waals surface area contributed by atoms with E-state index in [9.17, 15) is 0 Å². The van der Waals surface area contributed by atoms with Crippen LogP contribution in [0.3, 0.4) is 0 Å². The standard InChI is InChI=1S/C18H27N3/c1-7-21-15(6)18(14(5)20-21)13(4)19-17-11-9-8-10-16(17)12(2)3/h8-13,19H,7H2,1-6H3. The van der Waals surface area contributed by atoms with E-state index in [1.54, 1.807) is 0 Å². The molecular formula is C18H27N3. The van der Waals surface area contributed by atoms with E-state index >= 15 is 0 Å². The minimum Gasteiger partial charge on any atom is -0.378 e. The SMILES string of the molecule is CCn1nc(C)c(C(C)Nc2ccccc2C(C)C)c1C. The Hall–Kier alpha value is -1.77. The molecule has 0 spiro atoms. The highest BCUT2D eigenvalue weighted by atomic mass is 15.3. The van der Waals surface area contributed by atoms with Crippen LogP contribution < -0.4 is 5.32 Å². The van der Waals surface area contributed by atoms with Gasteiger partial charge in [0.15, 0.2) is 0 Å². The highest BCUT2D eigenvalue weighted by molar-refractivity contribution is 5.54. The first-order valence-electron chi connectivity index (χ1n) is 7.85. The molecule has 0 saturated carbocycles. The van der Waals surface area contributed by atoms with E-state index in [1.165, 1.54) is 22.5 Å². The second-order valence-electron chi connectivity index (χ2n) is 6.01. The number of aryl methyl sites for hydroxylation is 2. The molecule has 1 heterocycles. The molecule has 2 aromatic rings. The molecule has 1 atom stereocenters. The molecule has 3 nitrogen and oxygen atoms in total. The Bertz CT molecular complexity index is 611. The average Bonchev–Trinajstić information content (AvgIpc) is 2.73. The normalized spacial score (nSPS) is 12.7. The fraction of sp³-hybridized carbons (Fsp3) is 0.500. The van der Waals surface area contributed by atoms with Crippen molar-refractivity contribution in [1.82, 2.24) is 9.78 Å². The third-order valence-electron chi connectivity index (χ3n) is 4.12. The maximum absolute atomic E-state index is 4.63. The van der Waals surface area contributed by atoms with E-state index < -0.39 is 0 Å². The van der Waals surface area contributed by atoms with Gasteiger partial charge in [-0.2, -0.15) is 5.10 Å². The smallest absolute Gasteiger partial charge is 0.0649 e. The second-order valence-corrected chi connectivity index (χ2v) is 6.01. The Kier molecular flexibility index (Phi) is 4.71. The lowest BCUT2D eigenvalue weighted by Gasteiger charge is -2.20. The third kappa shape index (κ3) is 3.12. The van der Waals surface area contributed by atoms with Crippen LogP contribution in [0.1, 0.15) is 62.2 Å². The van der Waals surface area contributed by atoms with Crippen LogP contribution >= 0.6 is 0 Å². The van der Waals surface area contributed by atoms with Crippen LogP contribution in [0.25, 0.3) is 0 Å². The predicted octanol–water partition coefficient (Wildman–Crippen LogP) is 4.82. The molecule has 0 aliphatic rings. The van der Waals surface area contributed by atoms with Gasteiger partial charge in [0.25, 0.3) is 0 Å². The molecule has 1 unspecified atom stereocenters. The van der Waals surface area contributed by atoms with Gasteiger partial charge in [-0.3, -0.25) is 4.68 Å². The monoisotopic (exact) mass is 285 g/mol. The topological polar surface area (TPSA) is 29.9 Å². The summed E-state index contributed by atoms with van der Waals surface area (Å²) in [4.78, 5) is 0. The summed E-state index contributed by atoms with van der Waals surface area (Å²) in [5.41, 5.74) is 6.29. The molecule has 1 aromatic carbocycles. The zero-order valence-electron chi connectivity index (χ0n) is 14.1. The van der Waals surface area contributed by atoms with Crippen LogP contribution in [-0.2, 0) is 6.54 Å². The van der Waals surface area contributed by atoms with E-state index in [4.69, 9.17) is 0 Å². The number of aromatic nitrogens is 2. The number of nitrogens with zero attached hydrogens (tertiary/aromatic N) is 2. The first kappa shape index (κ1) is 15.6. The summed E-state index contributed by atoms with van der Waals surface area (Å²) >= 11 is 0. The lowest BCUT2D eigenvalue weighted by atomic mass is 9.99. The number of nitrogens with one attached hydrogen (secondary N) is 1. The van der Waals surface area contributed by atoms with Crippen molar-refractivity contribution in [1.29, 1.82) is 0 Å². The molecule has 3 heteroatoms. The van der Waals surface area contributed by atoms with Gasteiger partial charge in [-0.25, -0.2) is 0 Å². The van der Waals surface area contributed by atoms with Crippen LogP contribution in [0, 0.1) is 13.8 Å².